The quantitative estimate of drug-likeness (QED) is 0.558. The number of hydrogen-bond acceptors (Lipinski definition) is 7. The van der Waals surface area contributed by atoms with Crippen LogP contribution in [0.15, 0.2) is 40.2 Å². The molecule has 0 amide bonds. The van der Waals surface area contributed by atoms with Crippen molar-refractivity contribution >= 4 is 0 Å². The molecule has 118 valence electrons. The van der Waals surface area contributed by atoms with E-state index >= 15 is 0 Å². The third-order valence-electron chi connectivity index (χ3n) is 3.37. The summed E-state index contributed by atoms with van der Waals surface area (Å²) in [7, 11) is 1.59. The van der Waals surface area contributed by atoms with Crippen molar-refractivity contribution in [2.75, 3.05) is 0 Å². The Kier molecular flexibility index (Phi) is 3.80. The normalized spacial score (nSPS) is 11.8. The molecule has 0 saturated heterocycles. The van der Waals surface area contributed by atoms with E-state index in [-0.39, 0.29) is 22.8 Å². The summed E-state index contributed by atoms with van der Waals surface area (Å²) in [4.78, 5) is 4.03. The van der Waals surface area contributed by atoms with Gasteiger partial charge in [-0.3, -0.25) is 0 Å². The summed E-state index contributed by atoms with van der Waals surface area (Å²) in [6.07, 6.45) is 1.86. The molecule has 0 bridgehead atoms. The molecule has 1 aromatic carbocycles. The molecule has 8 nitrogen and oxygen atoms in total. The second-order valence-electron chi connectivity index (χ2n) is 5.14. The molecule has 8 heteroatoms. The fourth-order valence-electron chi connectivity index (χ4n) is 2.11. The Morgan fingerprint density at radius 2 is 1.96 bits per heavy atom. The Balaban J connectivity index is 1.92. The Hall–Kier alpha value is -3.16. The summed E-state index contributed by atoms with van der Waals surface area (Å²) in [5.41, 5.74) is 2.23. The van der Waals surface area contributed by atoms with Crippen LogP contribution in [0.1, 0.15) is 17.0 Å². The van der Waals surface area contributed by atoms with Crippen molar-refractivity contribution in [3.05, 3.63) is 53.1 Å². The molecule has 0 saturated carbocycles. The predicted octanol–water partition coefficient (Wildman–Crippen LogP) is 1.36. The zero-order valence-electron chi connectivity index (χ0n) is 12.6. The summed E-state index contributed by atoms with van der Waals surface area (Å²) < 4.78 is 6.91. The van der Waals surface area contributed by atoms with Gasteiger partial charge in [0.15, 0.2) is 11.4 Å². The average Bonchev–Trinajstić information content (AvgIpc) is 2.98. The number of rotatable bonds is 3. The first-order valence-corrected chi connectivity index (χ1v) is 6.89. The van der Waals surface area contributed by atoms with Crippen LogP contribution in [-0.4, -0.2) is 30.1 Å². The van der Waals surface area contributed by atoms with Crippen LogP contribution in [0.4, 0.5) is 0 Å². The number of benzene rings is 1. The molecule has 0 aliphatic rings. The van der Waals surface area contributed by atoms with E-state index in [1.54, 1.807) is 7.05 Å². The van der Waals surface area contributed by atoms with Gasteiger partial charge in [-0.05, 0) is 12.5 Å². The highest BCUT2D eigenvalue weighted by Gasteiger charge is 2.17. The molecule has 0 radical (unpaired) electrons. The van der Waals surface area contributed by atoms with Crippen LogP contribution < -0.4 is 5.49 Å². The molecular formula is C15H15N5O3. The third-order valence-corrected chi connectivity index (χ3v) is 3.37. The highest BCUT2D eigenvalue weighted by molar-refractivity contribution is 5.54. The zero-order valence-corrected chi connectivity index (χ0v) is 12.6. The van der Waals surface area contributed by atoms with Gasteiger partial charge < -0.3 is 19.3 Å². The van der Waals surface area contributed by atoms with Crippen LogP contribution in [0.25, 0.3) is 11.6 Å². The van der Waals surface area contributed by atoms with Gasteiger partial charge in [-0.15, -0.1) is 10.2 Å². The van der Waals surface area contributed by atoms with Crippen molar-refractivity contribution in [2.24, 2.45) is 12.2 Å². The Labute approximate surface area is 131 Å². The van der Waals surface area contributed by atoms with Crippen LogP contribution in [0.5, 0.6) is 5.75 Å². The lowest BCUT2D eigenvalue weighted by Gasteiger charge is -2.02. The summed E-state index contributed by atoms with van der Waals surface area (Å²) in [6, 6.07) is 7.98. The van der Waals surface area contributed by atoms with Crippen LogP contribution in [0.3, 0.4) is 0 Å². The average molecular weight is 313 g/mol. The molecule has 3 aromatic rings. The van der Waals surface area contributed by atoms with Gasteiger partial charge in [-0.1, -0.05) is 35.0 Å². The maximum absolute atomic E-state index is 10.1. The van der Waals surface area contributed by atoms with E-state index in [4.69, 9.17) is 9.62 Å². The van der Waals surface area contributed by atoms with E-state index in [0.717, 1.165) is 5.56 Å². The Bertz CT molecular complexity index is 896. The molecule has 0 atom stereocenters. The SMILES string of the molecule is Cc1ccc(Cc2nnc(-c3ncn(C)c(=NO)c3O)o2)cc1. The number of aryl methyl sites for hydroxylation is 2. The lowest BCUT2D eigenvalue weighted by atomic mass is 10.1. The standard InChI is InChI=1S/C15H15N5O3/c1-9-3-5-10(6-4-9)7-11-17-18-15(23-11)12-13(21)14(19-22)20(2)8-16-12/h3-6,8,21-22H,7H2,1-2H3. The third kappa shape index (κ3) is 2.91. The number of hydrogen-bond donors (Lipinski definition) is 2. The van der Waals surface area contributed by atoms with Crippen molar-refractivity contribution < 1.29 is 14.7 Å². The number of aromatic hydroxyl groups is 1. The van der Waals surface area contributed by atoms with Gasteiger partial charge in [-0.2, -0.15) is 0 Å². The molecule has 2 N–H and O–H groups in total. The van der Waals surface area contributed by atoms with Crippen molar-refractivity contribution in [1.29, 1.82) is 0 Å². The van der Waals surface area contributed by atoms with E-state index in [0.29, 0.717) is 12.3 Å². The minimum Gasteiger partial charge on any atom is -0.503 e. The van der Waals surface area contributed by atoms with Crippen LogP contribution in [-0.2, 0) is 13.5 Å². The van der Waals surface area contributed by atoms with Crippen LogP contribution in [0.2, 0.25) is 0 Å². The van der Waals surface area contributed by atoms with E-state index in [9.17, 15) is 5.11 Å². The maximum Gasteiger partial charge on any atom is 0.270 e. The van der Waals surface area contributed by atoms with E-state index < -0.39 is 0 Å². The summed E-state index contributed by atoms with van der Waals surface area (Å²) in [6.45, 7) is 2.02. The zero-order chi connectivity index (χ0) is 16.4. The van der Waals surface area contributed by atoms with Crippen molar-refractivity contribution in [1.82, 2.24) is 19.7 Å². The molecule has 0 unspecified atom stereocenters. The topological polar surface area (TPSA) is 110 Å². The van der Waals surface area contributed by atoms with E-state index in [1.165, 1.54) is 16.5 Å². The fraction of sp³-hybridized carbons (Fsp3) is 0.200. The fourth-order valence-corrected chi connectivity index (χ4v) is 2.11. The Morgan fingerprint density at radius 3 is 2.65 bits per heavy atom. The van der Waals surface area contributed by atoms with Gasteiger partial charge in [0.25, 0.3) is 5.89 Å². The molecule has 0 spiro atoms. The summed E-state index contributed by atoms with van der Waals surface area (Å²) in [5, 5.41) is 29.9. The molecule has 0 fully saturated rings. The number of aromatic nitrogens is 4. The van der Waals surface area contributed by atoms with Gasteiger partial charge in [0.2, 0.25) is 11.4 Å². The molecular weight excluding hydrogens is 298 g/mol. The molecule has 0 aliphatic carbocycles. The summed E-state index contributed by atoms with van der Waals surface area (Å²) >= 11 is 0. The predicted molar refractivity (Wildman–Crippen MR) is 79.5 cm³/mol. The van der Waals surface area contributed by atoms with Crippen molar-refractivity contribution in [3.8, 4) is 17.3 Å². The first-order chi connectivity index (χ1) is 11.1. The first kappa shape index (κ1) is 14.8. The van der Waals surface area contributed by atoms with Crippen molar-refractivity contribution in [2.45, 2.75) is 13.3 Å². The van der Waals surface area contributed by atoms with Crippen LogP contribution >= 0.6 is 0 Å². The molecule has 2 heterocycles. The monoisotopic (exact) mass is 313 g/mol. The van der Waals surface area contributed by atoms with Gasteiger partial charge >= 0.3 is 0 Å². The molecule has 2 aromatic heterocycles. The van der Waals surface area contributed by atoms with Gasteiger partial charge in [0.1, 0.15) is 0 Å². The molecule has 3 rings (SSSR count). The lowest BCUT2D eigenvalue weighted by Crippen LogP contribution is -2.19. The van der Waals surface area contributed by atoms with Gasteiger partial charge in [0, 0.05) is 7.05 Å². The second-order valence-corrected chi connectivity index (χ2v) is 5.14. The largest absolute Gasteiger partial charge is 0.503 e. The van der Waals surface area contributed by atoms with Crippen molar-refractivity contribution in [3.63, 3.8) is 0 Å². The number of nitrogens with zero attached hydrogens (tertiary/aromatic N) is 5. The minimum absolute atomic E-state index is 0.0479. The lowest BCUT2D eigenvalue weighted by molar-refractivity contribution is 0.288. The van der Waals surface area contributed by atoms with Gasteiger partial charge in [-0.25, -0.2) is 4.98 Å². The summed E-state index contributed by atoms with van der Waals surface area (Å²) in [5.74, 6) is 0.138. The maximum atomic E-state index is 10.1. The second kappa shape index (κ2) is 5.91. The smallest absolute Gasteiger partial charge is 0.270 e. The van der Waals surface area contributed by atoms with E-state index in [1.807, 2.05) is 31.2 Å². The van der Waals surface area contributed by atoms with E-state index in [2.05, 4.69) is 20.3 Å². The van der Waals surface area contributed by atoms with Gasteiger partial charge in [0.05, 0.1) is 12.7 Å². The van der Waals surface area contributed by atoms with Crippen LogP contribution in [0, 0.1) is 6.92 Å². The molecule has 0 aliphatic heterocycles. The minimum atomic E-state index is -0.331. The first-order valence-electron chi connectivity index (χ1n) is 6.89. The molecule has 23 heavy (non-hydrogen) atoms. The highest BCUT2D eigenvalue weighted by atomic mass is 16.4. The highest BCUT2D eigenvalue weighted by Crippen LogP contribution is 2.22. The Morgan fingerprint density at radius 1 is 1.22 bits per heavy atom.